The lowest BCUT2D eigenvalue weighted by atomic mass is 10.1. The molecular formula is C18H18N6O2S. The summed E-state index contributed by atoms with van der Waals surface area (Å²) in [4.78, 5) is 27.9. The summed E-state index contributed by atoms with van der Waals surface area (Å²) >= 11 is 1.13. The predicted molar refractivity (Wildman–Crippen MR) is 99.2 cm³/mol. The molecule has 4 rings (SSSR count). The summed E-state index contributed by atoms with van der Waals surface area (Å²) in [5.74, 6) is -0.0554. The van der Waals surface area contributed by atoms with Crippen molar-refractivity contribution < 1.29 is 9.53 Å². The van der Waals surface area contributed by atoms with Gasteiger partial charge in [0, 0.05) is 30.2 Å². The molecule has 1 amide bonds. The SMILES string of the molecule is Cc1cc(-c2cncnc2)cc(C2CN(C(=O)c3snnc3C)CCO2)n1. The van der Waals surface area contributed by atoms with Crippen LogP contribution >= 0.6 is 11.5 Å². The second-order valence-electron chi connectivity index (χ2n) is 6.35. The lowest BCUT2D eigenvalue weighted by Gasteiger charge is -2.32. The number of hydrogen-bond acceptors (Lipinski definition) is 8. The van der Waals surface area contributed by atoms with E-state index in [1.54, 1.807) is 24.2 Å². The van der Waals surface area contributed by atoms with Crippen LogP contribution in [0.3, 0.4) is 0 Å². The van der Waals surface area contributed by atoms with Gasteiger partial charge >= 0.3 is 0 Å². The zero-order chi connectivity index (χ0) is 18.8. The third-order valence-electron chi connectivity index (χ3n) is 4.40. The number of amides is 1. The minimum absolute atomic E-state index is 0.0554. The van der Waals surface area contributed by atoms with Gasteiger partial charge in [0.25, 0.3) is 5.91 Å². The molecule has 1 aliphatic heterocycles. The van der Waals surface area contributed by atoms with Gasteiger partial charge in [-0.25, -0.2) is 9.97 Å². The highest BCUT2D eigenvalue weighted by atomic mass is 32.1. The number of carbonyl (C=O) groups excluding carboxylic acids is 1. The lowest BCUT2D eigenvalue weighted by molar-refractivity contribution is -0.0246. The number of hydrogen-bond donors (Lipinski definition) is 0. The molecule has 0 saturated carbocycles. The molecule has 0 aromatic carbocycles. The molecular weight excluding hydrogens is 364 g/mol. The van der Waals surface area contributed by atoms with Gasteiger partial charge in [-0.1, -0.05) is 4.49 Å². The number of nitrogens with zero attached hydrogens (tertiary/aromatic N) is 6. The van der Waals surface area contributed by atoms with Gasteiger partial charge in [-0.2, -0.15) is 0 Å². The molecule has 4 heterocycles. The van der Waals surface area contributed by atoms with Crippen molar-refractivity contribution in [3.63, 3.8) is 0 Å². The van der Waals surface area contributed by atoms with Crippen LogP contribution in [0.2, 0.25) is 0 Å². The van der Waals surface area contributed by atoms with E-state index in [4.69, 9.17) is 4.74 Å². The molecule has 1 unspecified atom stereocenters. The average molecular weight is 382 g/mol. The van der Waals surface area contributed by atoms with Crippen molar-refractivity contribution >= 4 is 17.4 Å². The Kier molecular flexibility index (Phi) is 4.87. The van der Waals surface area contributed by atoms with Gasteiger partial charge in [0.1, 0.15) is 17.3 Å². The molecule has 8 nitrogen and oxygen atoms in total. The van der Waals surface area contributed by atoms with Gasteiger partial charge in [0.05, 0.1) is 24.5 Å². The first-order valence-corrected chi connectivity index (χ1v) is 9.33. The maximum absolute atomic E-state index is 12.8. The number of rotatable bonds is 3. The van der Waals surface area contributed by atoms with Crippen LogP contribution < -0.4 is 0 Å². The van der Waals surface area contributed by atoms with Gasteiger partial charge in [-0.05, 0) is 43.1 Å². The maximum Gasteiger partial charge on any atom is 0.267 e. The van der Waals surface area contributed by atoms with Crippen LogP contribution in [0.1, 0.15) is 32.9 Å². The summed E-state index contributed by atoms with van der Waals surface area (Å²) in [7, 11) is 0. The molecule has 3 aromatic heterocycles. The van der Waals surface area contributed by atoms with Crippen LogP contribution in [0.15, 0.2) is 30.9 Å². The number of morpholine rings is 1. The normalized spacial score (nSPS) is 17.1. The Labute approximate surface area is 160 Å². The largest absolute Gasteiger partial charge is 0.368 e. The van der Waals surface area contributed by atoms with E-state index >= 15 is 0 Å². The van der Waals surface area contributed by atoms with E-state index in [1.165, 1.54) is 6.33 Å². The van der Waals surface area contributed by atoms with Crippen LogP contribution in [0, 0.1) is 13.8 Å². The van der Waals surface area contributed by atoms with Crippen LogP contribution in [-0.4, -0.2) is 55.0 Å². The minimum Gasteiger partial charge on any atom is -0.368 e. The van der Waals surface area contributed by atoms with Crippen molar-refractivity contribution in [1.29, 1.82) is 0 Å². The zero-order valence-corrected chi connectivity index (χ0v) is 15.8. The predicted octanol–water partition coefficient (Wildman–Crippen LogP) is 2.22. The second-order valence-corrected chi connectivity index (χ2v) is 7.10. The van der Waals surface area contributed by atoms with Crippen LogP contribution in [0.5, 0.6) is 0 Å². The highest BCUT2D eigenvalue weighted by molar-refractivity contribution is 7.07. The van der Waals surface area contributed by atoms with E-state index in [2.05, 4.69) is 24.5 Å². The Morgan fingerprint density at radius 3 is 2.78 bits per heavy atom. The third kappa shape index (κ3) is 3.69. The van der Waals surface area contributed by atoms with Crippen molar-refractivity contribution in [2.24, 2.45) is 0 Å². The van der Waals surface area contributed by atoms with Crippen molar-refractivity contribution in [3.05, 3.63) is 52.8 Å². The number of carbonyl (C=O) groups is 1. The van der Waals surface area contributed by atoms with Crippen LogP contribution in [0.25, 0.3) is 11.1 Å². The first kappa shape index (κ1) is 17.6. The molecule has 27 heavy (non-hydrogen) atoms. The van der Waals surface area contributed by atoms with E-state index in [9.17, 15) is 4.79 Å². The highest BCUT2D eigenvalue weighted by Gasteiger charge is 2.29. The number of pyridine rings is 1. The fourth-order valence-electron chi connectivity index (χ4n) is 3.06. The summed E-state index contributed by atoms with van der Waals surface area (Å²) in [6, 6.07) is 3.96. The topological polar surface area (TPSA) is 94.0 Å². The Hall–Kier alpha value is -2.78. The van der Waals surface area contributed by atoms with Crippen molar-refractivity contribution in [2.75, 3.05) is 19.7 Å². The fourth-order valence-corrected chi connectivity index (χ4v) is 3.68. The number of aromatic nitrogens is 5. The monoisotopic (exact) mass is 382 g/mol. The molecule has 1 fully saturated rings. The molecule has 0 spiro atoms. The molecule has 3 aromatic rings. The van der Waals surface area contributed by atoms with E-state index in [1.807, 2.05) is 19.1 Å². The molecule has 1 saturated heterocycles. The molecule has 0 aliphatic carbocycles. The summed E-state index contributed by atoms with van der Waals surface area (Å²) in [5.41, 5.74) is 4.23. The Morgan fingerprint density at radius 1 is 1.22 bits per heavy atom. The lowest BCUT2D eigenvalue weighted by Crippen LogP contribution is -2.42. The minimum atomic E-state index is -0.285. The molecule has 1 aliphatic rings. The fraction of sp³-hybridized carbons (Fsp3) is 0.333. The molecule has 0 bridgehead atoms. The smallest absolute Gasteiger partial charge is 0.267 e. The molecule has 0 radical (unpaired) electrons. The van der Waals surface area contributed by atoms with E-state index in [-0.39, 0.29) is 12.0 Å². The van der Waals surface area contributed by atoms with E-state index in [0.717, 1.165) is 34.0 Å². The van der Waals surface area contributed by atoms with E-state index in [0.29, 0.717) is 30.3 Å². The Morgan fingerprint density at radius 2 is 2.04 bits per heavy atom. The number of ether oxygens (including phenoxy) is 1. The molecule has 0 N–H and O–H groups in total. The average Bonchev–Trinajstić information content (AvgIpc) is 3.13. The molecule has 9 heteroatoms. The maximum atomic E-state index is 12.8. The first-order valence-electron chi connectivity index (χ1n) is 8.55. The van der Waals surface area contributed by atoms with Gasteiger partial charge in [-0.3, -0.25) is 9.78 Å². The van der Waals surface area contributed by atoms with Gasteiger partial charge < -0.3 is 9.64 Å². The van der Waals surface area contributed by atoms with E-state index < -0.39 is 0 Å². The number of aryl methyl sites for hydroxylation is 2. The zero-order valence-electron chi connectivity index (χ0n) is 15.0. The van der Waals surface area contributed by atoms with Crippen LogP contribution in [-0.2, 0) is 4.74 Å². The van der Waals surface area contributed by atoms with Crippen molar-refractivity contribution in [1.82, 2.24) is 29.4 Å². The van der Waals surface area contributed by atoms with Crippen molar-refractivity contribution in [3.8, 4) is 11.1 Å². The standard InChI is InChI=1S/C18H18N6O2S/c1-11-5-13(14-7-19-10-20-8-14)6-15(21-11)16-9-24(3-4-26-16)18(25)17-12(2)22-23-27-17/h5-8,10,16H,3-4,9H2,1-2H3. The third-order valence-corrected chi connectivity index (χ3v) is 5.21. The van der Waals surface area contributed by atoms with Crippen molar-refractivity contribution in [2.45, 2.75) is 20.0 Å². The molecule has 138 valence electrons. The van der Waals surface area contributed by atoms with Crippen LogP contribution in [0.4, 0.5) is 0 Å². The first-order chi connectivity index (χ1) is 13.1. The highest BCUT2D eigenvalue weighted by Crippen LogP contribution is 2.27. The second kappa shape index (κ2) is 7.45. The summed E-state index contributed by atoms with van der Waals surface area (Å²) < 4.78 is 9.78. The summed E-state index contributed by atoms with van der Waals surface area (Å²) in [5, 5.41) is 3.93. The summed E-state index contributed by atoms with van der Waals surface area (Å²) in [6.45, 7) is 5.18. The molecule has 1 atom stereocenters. The Bertz CT molecular complexity index is 961. The van der Waals surface area contributed by atoms with Gasteiger partial charge in [0.15, 0.2) is 0 Å². The summed E-state index contributed by atoms with van der Waals surface area (Å²) in [6.07, 6.45) is 4.75. The van der Waals surface area contributed by atoms with Gasteiger partial charge in [0.2, 0.25) is 0 Å². The quantitative estimate of drug-likeness (QED) is 0.685. The van der Waals surface area contributed by atoms with Gasteiger partial charge in [-0.15, -0.1) is 5.10 Å². The Balaban J connectivity index is 1.59.